The van der Waals surface area contributed by atoms with Gasteiger partial charge in [0.15, 0.2) is 9.84 Å². The van der Waals surface area contributed by atoms with Gasteiger partial charge in [-0.05, 0) is 24.3 Å². The molecule has 0 aliphatic carbocycles. The van der Waals surface area contributed by atoms with E-state index in [-0.39, 0.29) is 17.5 Å². The van der Waals surface area contributed by atoms with Crippen LogP contribution in [0, 0.1) is 0 Å². The molecule has 108 valence electrons. The van der Waals surface area contributed by atoms with Crippen molar-refractivity contribution in [1.29, 1.82) is 0 Å². The first kappa shape index (κ1) is 14.4. The highest BCUT2D eigenvalue weighted by molar-refractivity contribution is 7.91. The molecule has 0 saturated heterocycles. The van der Waals surface area contributed by atoms with Gasteiger partial charge in [0.2, 0.25) is 5.82 Å². The maximum atomic E-state index is 11.6. The number of anilines is 1. The molecule has 0 saturated carbocycles. The van der Waals surface area contributed by atoms with E-state index in [1.165, 1.54) is 0 Å². The van der Waals surface area contributed by atoms with Gasteiger partial charge in [0.1, 0.15) is 0 Å². The third kappa shape index (κ3) is 3.77. The highest BCUT2D eigenvalue weighted by Crippen LogP contribution is 2.19. The van der Waals surface area contributed by atoms with Crippen LogP contribution in [0.4, 0.5) is 5.69 Å². The second-order valence-electron chi connectivity index (χ2n) is 4.56. The molecule has 2 N–H and O–H groups in total. The number of H-pyrrole nitrogens is 1. The van der Waals surface area contributed by atoms with E-state index in [9.17, 15) is 8.42 Å². The van der Waals surface area contributed by atoms with Crippen LogP contribution in [-0.4, -0.2) is 46.6 Å². The molecule has 8 heteroatoms. The van der Waals surface area contributed by atoms with Crippen LogP contribution in [0.2, 0.25) is 0 Å². The summed E-state index contributed by atoms with van der Waals surface area (Å²) in [6, 6.07) is 7.29. The van der Waals surface area contributed by atoms with Gasteiger partial charge in [-0.1, -0.05) is 19.1 Å². The van der Waals surface area contributed by atoms with Crippen molar-refractivity contribution >= 4 is 15.5 Å². The first-order valence-corrected chi connectivity index (χ1v) is 8.13. The number of hydrogen-bond donors (Lipinski definition) is 2. The average Bonchev–Trinajstić information content (AvgIpc) is 2.92. The minimum atomic E-state index is -2.99. The molecule has 1 heterocycles. The zero-order valence-electron chi connectivity index (χ0n) is 11.4. The normalized spacial score (nSPS) is 13.1. The van der Waals surface area contributed by atoms with Crippen molar-refractivity contribution in [2.24, 2.45) is 0 Å². The number of sulfone groups is 1. The minimum absolute atomic E-state index is 0.107. The summed E-state index contributed by atoms with van der Waals surface area (Å²) in [5, 5.41) is 16.9. The molecule has 20 heavy (non-hydrogen) atoms. The van der Waals surface area contributed by atoms with Gasteiger partial charge in [-0.3, -0.25) is 0 Å². The quantitative estimate of drug-likeness (QED) is 0.827. The molecule has 0 spiro atoms. The number of hydrogen-bond acceptors (Lipinski definition) is 6. The van der Waals surface area contributed by atoms with Crippen LogP contribution in [-0.2, 0) is 9.84 Å². The van der Waals surface area contributed by atoms with E-state index in [0.717, 1.165) is 11.3 Å². The molecule has 1 unspecified atom stereocenters. The van der Waals surface area contributed by atoms with Crippen LogP contribution >= 0.6 is 0 Å². The van der Waals surface area contributed by atoms with Gasteiger partial charge < -0.3 is 5.32 Å². The largest absolute Gasteiger partial charge is 0.382 e. The number of nitrogens with zero attached hydrogens (tertiary/aromatic N) is 3. The van der Waals surface area contributed by atoms with Crippen LogP contribution in [0.15, 0.2) is 24.3 Å². The molecule has 2 rings (SSSR count). The van der Waals surface area contributed by atoms with Crippen LogP contribution < -0.4 is 5.32 Å². The van der Waals surface area contributed by atoms with Gasteiger partial charge in [0, 0.05) is 23.0 Å². The molecule has 0 fully saturated rings. The smallest absolute Gasteiger partial charge is 0.204 e. The summed E-state index contributed by atoms with van der Waals surface area (Å²) in [6.07, 6.45) is 0. The molecule has 0 amide bonds. The van der Waals surface area contributed by atoms with E-state index >= 15 is 0 Å². The van der Waals surface area contributed by atoms with Crippen molar-refractivity contribution in [3.8, 4) is 11.4 Å². The topological polar surface area (TPSA) is 101 Å². The lowest BCUT2D eigenvalue weighted by Crippen LogP contribution is -2.26. The van der Waals surface area contributed by atoms with Gasteiger partial charge in [-0.25, -0.2) is 8.42 Å². The zero-order chi connectivity index (χ0) is 14.6. The number of benzene rings is 1. The highest BCUT2D eigenvalue weighted by atomic mass is 32.2. The number of rotatable bonds is 6. The van der Waals surface area contributed by atoms with Crippen LogP contribution in [0.25, 0.3) is 11.4 Å². The highest BCUT2D eigenvalue weighted by Gasteiger charge is 2.13. The Kier molecular flexibility index (Phi) is 4.33. The third-order valence-electron chi connectivity index (χ3n) is 2.82. The fourth-order valence-electron chi connectivity index (χ4n) is 1.86. The lowest BCUT2D eigenvalue weighted by Gasteiger charge is -2.15. The first-order chi connectivity index (χ1) is 9.50. The summed E-state index contributed by atoms with van der Waals surface area (Å²) in [5.74, 6) is 0.764. The van der Waals surface area contributed by atoms with E-state index in [0.29, 0.717) is 5.82 Å². The maximum Gasteiger partial charge on any atom is 0.204 e. The average molecular weight is 295 g/mol. The fourth-order valence-corrected chi connectivity index (χ4v) is 2.94. The van der Waals surface area contributed by atoms with Crippen molar-refractivity contribution in [3.05, 3.63) is 24.3 Å². The van der Waals surface area contributed by atoms with Crippen molar-refractivity contribution < 1.29 is 8.42 Å². The Hall–Kier alpha value is -1.96. The van der Waals surface area contributed by atoms with Crippen LogP contribution in [0.1, 0.15) is 13.8 Å². The Bertz CT molecular complexity index is 654. The molecule has 0 radical (unpaired) electrons. The maximum absolute atomic E-state index is 11.6. The first-order valence-electron chi connectivity index (χ1n) is 6.31. The Balaban J connectivity index is 2.09. The zero-order valence-corrected chi connectivity index (χ0v) is 12.2. The lowest BCUT2D eigenvalue weighted by atomic mass is 10.2. The minimum Gasteiger partial charge on any atom is -0.382 e. The van der Waals surface area contributed by atoms with Crippen molar-refractivity contribution in [3.63, 3.8) is 0 Å². The molecule has 1 aromatic carbocycles. The van der Waals surface area contributed by atoms with Gasteiger partial charge in [-0.2, -0.15) is 5.21 Å². The summed E-state index contributed by atoms with van der Waals surface area (Å²) >= 11 is 0. The number of tetrazole rings is 1. The summed E-state index contributed by atoms with van der Waals surface area (Å²) < 4.78 is 23.2. The molecular formula is C12H17N5O2S. The van der Waals surface area contributed by atoms with Crippen molar-refractivity contribution in [2.75, 3.05) is 16.8 Å². The van der Waals surface area contributed by atoms with Crippen molar-refractivity contribution in [1.82, 2.24) is 20.6 Å². The Morgan fingerprint density at radius 1 is 1.40 bits per heavy atom. The molecule has 1 aromatic heterocycles. The lowest BCUT2D eigenvalue weighted by molar-refractivity contribution is 0.593. The SMILES string of the molecule is CCS(=O)(=O)CC(C)Nc1cccc(-c2nn[nH]n2)c1. The summed E-state index contributed by atoms with van der Waals surface area (Å²) in [4.78, 5) is 0. The molecule has 0 bridgehead atoms. The van der Waals surface area contributed by atoms with E-state index < -0.39 is 9.84 Å². The van der Waals surface area contributed by atoms with E-state index in [1.807, 2.05) is 31.2 Å². The summed E-state index contributed by atoms with van der Waals surface area (Å²) in [5.41, 5.74) is 1.64. The second-order valence-corrected chi connectivity index (χ2v) is 6.96. The Morgan fingerprint density at radius 2 is 2.20 bits per heavy atom. The fraction of sp³-hybridized carbons (Fsp3) is 0.417. The van der Waals surface area contributed by atoms with Gasteiger partial charge in [0.25, 0.3) is 0 Å². The van der Waals surface area contributed by atoms with E-state index in [2.05, 4.69) is 25.9 Å². The van der Waals surface area contributed by atoms with Gasteiger partial charge in [-0.15, -0.1) is 10.2 Å². The Morgan fingerprint density at radius 3 is 2.85 bits per heavy atom. The molecule has 7 nitrogen and oxygen atoms in total. The molecule has 0 aliphatic heterocycles. The predicted octanol–water partition coefficient (Wildman–Crippen LogP) is 1.10. The standard InChI is InChI=1S/C12H17N5O2S/c1-3-20(18,19)8-9(2)13-11-6-4-5-10(7-11)12-14-16-17-15-12/h4-7,9,13H,3,8H2,1-2H3,(H,14,15,16,17). The van der Waals surface area contributed by atoms with Crippen LogP contribution in [0.3, 0.4) is 0 Å². The number of aromatic amines is 1. The predicted molar refractivity (Wildman–Crippen MR) is 77.0 cm³/mol. The molecule has 1 atom stereocenters. The van der Waals surface area contributed by atoms with E-state index in [4.69, 9.17) is 0 Å². The van der Waals surface area contributed by atoms with Gasteiger partial charge >= 0.3 is 0 Å². The third-order valence-corrected chi connectivity index (χ3v) is 4.71. The van der Waals surface area contributed by atoms with Gasteiger partial charge in [0.05, 0.1) is 5.75 Å². The van der Waals surface area contributed by atoms with Crippen LogP contribution in [0.5, 0.6) is 0 Å². The number of nitrogens with one attached hydrogen (secondary N) is 2. The van der Waals surface area contributed by atoms with Crippen molar-refractivity contribution in [2.45, 2.75) is 19.9 Å². The second kappa shape index (κ2) is 6.00. The molecular weight excluding hydrogens is 278 g/mol. The van der Waals surface area contributed by atoms with E-state index in [1.54, 1.807) is 6.92 Å². The number of aromatic nitrogens is 4. The summed E-state index contributed by atoms with van der Waals surface area (Å²) in [6.45, 7) is 3.49. The summed E-state index contributed by atoms with van der Waals surface area (Å²) in [7, 11) is -2.99. The molecule has 2 aromatic rings. The Labute approximate surface area is 117 Å². The molecule has 0 aliphatic rings. The monoisotopic (exact) mass is 295 g/mol.